The first-order valence-corrected chi connectivity index (χ1v) is 8.65. The van der Waals surface area contributed by atoms with Gasteiger partial charge in [-0.3, -0.25) is 4.79 Å². The predicted octanol–water partition coefficient (Wildman–Crippen LogP) is 3.19. The zero-order valence-corrected chi connectivity index (χ0v) is 14.5. The van der Waals surface area contributed by atoms with Crippen LogP contribution in [0, 0.1) is 5.92 Å². The molecule has 9 heteroatoms. The van der Waals surface area contributed by atoms with Gasteiger partial charge in [0.1, 0.15) is 5.82 Å². The molecule has 0 radical (unpaired) electrons. The number of hydrogen-bond acceptors (Lipinski definition) is 4. The summed E-state index contributed by atoms with van der Waals surface area (Å²) in [5, 5.41) is 5.64. The van der Waals surface area contributed by atoms with Crippen LogP contribution in [0.2, 0.25) is 5.02 Å². The summed E-state index contributed by atoms with van der Waals surface area (Å²) < 4.78 is 37.7. The van der Waals surface area contributed by atoms with E-state index in [1.165, 1.54) is 0 Å². The van der Waals surface area contributed by atoms with Crippen LogP contribution in [0.15, 0.2) is 12.3 Å². The summed E-state index contributed by atoms with van der Waals surface area (Å²) >= 11 is 5.80. The Kier molecular flexibility index (Phi) is 6.89. The molecule has 1 fully saturated rings. The SMILES string of the molecule is NCC1CCCCC1NC(=O)CCNc1ncc(C(F)(F)F)cc1Cl. The van der Waals surface area contributed by atoms with Crippen LogP contribution < -0.4 is 16.4 Å². The minimum atomic E-state index is -4.49. The fraction of sp³-hybridized carbons (Fsp3) is 0.625. The maximum Gasteiger partial charge on any atom is 0.417 e. The zero-order valence-electron chi connectivity index (χ0n) is 13.7. The molecule has 4 N–H and O–H groups in total. The number of halogens is 4. The van der Waals surface area contributed by atoms with Crippen LogP contribution in [0.3, 0.4) is 0 Å². The molecule has 2 rings (SSSR count). The molecule has 1 saturated carbocycles. The predicted molar refractivity (Wildman–Crippen MR) is 90.3 cm³/mol. The van der Waals surface area contributed by atoms with Gasteiger partial charge in [0.05, 0.1) is 10.6 Å². The Morgan fingerprint density at radius 1 is 1.36 bits per heavy atom. The van der Waals surface area contributed by atoms with Gasteiger partial charge in [-0.25, -0.2) is 4.98 Å². The molecular formula is C16H22ClF3N4O. The quantitative estimate of drug-likeness (QED) is 0.710. The number of carbonyl (C=O) groups excluding carboxylic acids is 1. The van der Waals surface area contributed by atoms with E-state index in [-0.39, 0.29) is 35.8 Å². The highest BCUT2D eigenvalue weighted by Gasteiger charge is 2.31. The van der Waals surface area contributed by atoms with Crippen molar-refractivity contribution in [3.8, 4) is 0 Å². The van der Waals surface area contributed by atoms with Gasteiger partial charge in [-0.1, -0.05) is 24.4 Å². The van der Waals surface area contributed by atoms with Crippen LogP contribution in [0.25, 0.3) is 0 Å². The maximum absolute atomic E-state index is 12.6. The number of pyridine rings is 1. The van der Waals surface area contributed by atoms with E-state index in [0.29, 0.717) is 18.7 Å². The van der Waals surface area contributed by atoms with Crippen molar-refractivity contribution in [2.75, 3.05) is 18.4 Å². The van der Waals surface area contributed by atoms with E-state index in [0.717, 1.165) is 31.7 Å². The lowest BCUT2D eigenvalue weighted by Gasteiger charge is -2.31. The number of hydrogen-bond donors (Lipinski definition) is 3. The Morgan fingerprint density at radius 2 is 2.08 bits per heavy atom. The van der Waals surface area contributed by atoms with E-state index in [2.05, 4.69) is 15.6 Å². The maximum atomic E-state index is 12.6. The Morgan fingerprint density at radius 3 is 2.72 bits per heavy atom. The summed E-state index contributed by atoms with van der Waals surface area (Å²) in [6, 6.07) is 0.907. The highest BCUT2D eigenvalue weighted by molar-refractivity contribution is 6.32. The number of amides is 1. The molecule has 0 spiro atoms. The topological polar surface area (TPSA) is 80.0 Å². The van der Waals surface area contributed by atoms with Gasteiger partial charge in [0.15, 0.2) is 0 Å². The van der Waals surface area contributed by atoms with Gasteiger partial charge in [0.2, 0.25) is 5.91 Å². The standard InChI is InChI=1S/C16H22ClF3N4O/c17-12-7-11(16(18,19)20)9-23-15(12)22-6-5-14(25)24-13-4-2-1-3-10(13)8-21/h7,9-10,13H,1-6,8,21H2,(H,22,23)(H,24,25). The number of carbonyl (C=O) groups is 1. The molecule has 0 aliphatic heterocycles. The Labute approximate surface area is 149 Å². The third kappa shape index (κ3) is 5.74. The van der Waals surface area contributed by atoms with Crippen molar-refractivity contribution >= 4 is 23.3 Å². The molecule has 5 nitrogen and oxygen atoms in total. The summed E-state index contributed by atoms with van der Waals surface area (Å²) in [4.78, 5) is 15.7. The van der Waals surface area contributed by atoms with Gasteiger partial charge in [-0.05, 0) is 31.4 Å². The lowest BCUT2D eigenvalue weighted by atomic mass is 9.84. The van der Waals surface area contributed by atoms with Crippen molar-refractivity contribution in [2.45, 2.75) is 44.3 Å². The zero-order chi connectivity index (χ0) is 18.4. The summed E-state index contributed by atoms with van der Waals surface area (Å²) in [6.07, 6.45) is 0.542. The number of anilines is 1. The minimum Gasteiger partial charge on any atom is -0.368 e. The molecule has 1 aromatic heterocycles. The van der Waals surface area contributed by atoms with Gasteiger partial charge >= 0.3 is 6.18 Å². The van der Waals surface area contributed by atoms with Gasteiger partial charge in [0, 0.05) is 25.2 Å². The number of nitrogens with one attached hydrogen (secondary N) is 2. The molecule has 0 aromatic carbocycles. The molecule has 1 heterocycles. The van der Waals surface area contributed by atoms with Crippen molar-refractivity contribution in [1.82, 2.24) is 10.3 Å². The second-order valence-electron chi connectivity index (χ2n) is 6.18. The van der Waals surface area contributed by atoms with Crippen LogP contribution in [-0.2, 0) is 11.0 Å². The Hall–Kier alpha value is -1.54. The van der Waals surface area contributed by atoms with E-state index < -0.39 is 11.7 Å². The number of nitrogens with two attached hydrogens (primary N) is 1. The Balaban J connectivity index is 1.81. The molecule has 1 aliphatic rings. The first kappa shape index (κ1) is 19.8. The van der Waals surface area contributed by atoms with Crippen molar-refractivity contribution in [3.63, 3.8) is 0 Å². The second kappa shape index (κ2) is 8.71. The van der Waals surface area contributed by atoms with E-state index in [1.54, 1.807) is 0 Å². The monoisotopic (exact) mass is 378 g/mol. The minimum absolute atomic E-state index is 0.0963. The van der Waals surface area contributed by atoms with E-state index in [1.807, 2.05) is 0 Å². The lowest BCUT2D eigenvalue weighted by Crippen LogP contribution is -2.45. The van der Waals surface area contributed by atoms with Gasteiger partial charge in [-0.2, -0.15) is 13.2 Å². The molecule has 25 heavy (non-hydrogen) atoms. The Bertz CT molecular complexity index is 597. The average molecular weight is 379 g/mol. The van der Waals surface area contributed by atoms with Crippen molar-refractivity contribution in [1.29, 1.82) is 0 Å². The first-order valence-electron chi connectivity index (χ1n) is 8.27. The largest absolute Gasteiger partial charge is 0.417 e. The van der Waals surface area contributed by atoms with E-state index >= 15 is 0 Å². The fourth-order valence-electron chi connectivity index (χ4n) is 2.98. The molecule has 0 saturated heterocycles. The number of alkyl halides is 3. The summed E-state index contributed by atoms with van der Waals surface area (Å²) in [6.45, 7) is 0.776. The molecule has 0 bridgehead atoms. The third-order valence-corrected chi connectivity index (χ3v) is 4.66. The number of rotatable bonds is 6. The molecule has 2 unspecified atom stereocenters. The summed E-state index contributed by atoms with van der Waals surface area (Å²) in [7, 11) is 0. The smallest absolute Gasteiger partial charge is 0.368 e. The normalized spacial score (nSPS) is 21.0. The molecule has 140 valence electrons. The molecule has 2 atom stereocenters. The third-order valence-electron chi connectivity index (χ3n) is 4.37. The average Bonchev–Trinajstić information content (AvgIpc) is 2.56. The van der Waals surface area contributed by atoms with Crippen LogP contribution in [-0.4, -0.2) is 30.0 Å². The fourth-order valence-corrected chi connectivity index (χ4v) is 3.21. The van der Waals surface area contributed by atoms with E-state index in [4.69, 9.17) is 17.3 Å². The lowest BCUT2D eigenvalue weighted by molar-refractivity contribution is -0.137. The number of aromatic nitrogens is 1. The summed E-state index contributed by atoms with van der Waals surface area (Å²) in [5.74, 6) is 0.303. The molecule has 1 aromatic rings. The van der Waals surface area contributed by atoms with Gasteiger partial charge in [-0.15, -0.1) is 0 Å². The van der Waals surface area contributed by atoms with Crippen LogP contribution in [0.1, 0.15) is 37.7 Å². The highest BCUT2D eigenvalue weighted by atomic mass is 35.5. The van der Waals surface area contributed by atoms with Crippen molar-refractivity contribution in [2.24, 2.45) is 11.7 Å². The first-order chi connectivity index (χ1) is 11.8. The summed E-state index contributed by atoms with van der Waals surface area (Å²) in [5.41, 5.74) is 4.83. The van der Waals surface area contributed by atoms with Crippen LogP contribution >= 0.6 is 11.6 Å². The highest BCUT2D eigenvalue weighted by Crippen LogP contribution is 2.32. The second-order valence-corrected chi connectivity index (χ2v) is 6.59. The number of nitrogens with zero attached hydrogens (tertiary/aromatic N) is 1. The van der Waals surface area contributed by atoms with Crippen LogP contribution in [0.4, 0.5) is 19.0 Å². The van der Waals surface area contributed by atoms with Gasteiger partial charge in [0.25, 0.3) is 0 Å². The molecular weight excluding hydrogens is 357 g/mol. The van der Waals surface area contributed by atoms with Crippen molar-refractivity contribution < 1.29 is 18.0 Å². The van der Waals surface area contributed by atoms with Gasteiger partial charge < -0.3 is 16.4 Å². The van der Waals surface area contributed by atoms with Crippen molar-refractivity contribution in [3.05, 3.63) is 22.8 Å². The van der Waals surface area contributed by atoms with Crippen LogP contribution in [0.5, 0.6) is 0 Å². The van der Waals surface area contributed by atoms with E-state index in [9.17, 15) is 18.0 Å². The molecule has 1 aliphatic carbocycles. The molecule has 1 amide bonds.